The summed E-state index contributed by atoms with van der Waals surface area (Å²) in [4.78, 5) is 64.5. The number of rotatable bonds is 20. The van der Waals surface area contributed by atoms with E-state index in [1.54, 1.807) is 44.2 Å². The van der Waals surface area contributed by atoms with E-state index in [4.69, 9.17) is 0 Å². The predicted molar refractivity (Wildman–Crippen MR) is 178 cm³/mol. The van der Waals surface area contributed by atoms with Gasteiger partial charge in [0.2, 0.25) is 11.8 Å². The Kier molecular flexibility index (Phi) is 17.4. The topological polar surface area (TPSA) is 112 Å². The molecule has 5 atom stereocenters. The summed E-state index contributed by atoms with van der Waals surface area (Å²) in [6.45, 7) is 10.5. The maximum Gasteiger partial charge on any atom is 0.326 e. The highest BCUT2D eigenvalue weighted by atomic mass is 33.1. The van der Waals surface area contributed by atoms with Crippen molar-refractivity contribution in [2.75, 3.05) is 30.3 Å². The van der Waals surface area contributed by atoms with Gasteiger partial charge in [-0.25, -0.2) is 4.79 Å². The number of carboxylic acids is 1. The van der Waals surface area contributed by atoms with Crippen molar-refractivity contribution in [1.82, 2.24) is 9.80 Å². The average molecular weight is 663 g/mol. The molecule has 2 saturated heterocycles. The molecule has 42 heavy (non-hydrogen) atoms. The van der Waals surface area contributed by atoms with Gasteiger partial charge in [-0.15, -0.1) is 0 Å². The maximum absolute atomic E-state index is 13.0. The molecule has 0 bridgehead atoms. The Bertz CT molecular complexity index is 920. The van der Waals surface area contributed by atoms with Crippen LogP contribution in [0.3, 0.4) is 0 Å². The quantitative estimate of drug-likeness (QED) is 0.119. The largest absolute Gasteiger partial charge is 0.480 e. The van der Waals surface area contributed by atoms with Crippen LogP contribution in [0, 0.1) is 17.8 Å². The van der Waals surface area contributed by atoms with E-state index in [1.807, 2.05) is 38.5 Å². The summed E-state index contributed by atoms with van der Waals surface area (Å²) in [5.41, 5.74) is 0. The fourth-order valence-electron chi connectivity index (χ4n) is 5.28. The molecule has 0 radical (unpaired) electrons. The average Bonchev–Trinajstić information content (AvgIpc) is 3.64. The molecule has 0 aromatic carbocycles. The van der Waals surface area contributed by atoms with E-state index in [1.165, 1.54) is 4.90 Å². The number of carbonyl (C=O) groups is 5. The van der Waals surface area contributed by atoms with Crippen LogP contribution in [0.2, 0.25) is 0 Å². The van der Waals surface area contributed by atoms with Crippen LogP contribution < -0.4 is 0 Å². The van der Waals surface area contributed by atoms with E-state index in [0.29, 0.717) is 48.5 Å². The summed E-state index contributed by atoms with van der Waals surface area (Å²) >= 11 is 0. The Balaban J connectivity index is 1.78. The lowest BCUT2D eigenvalue weighted by Gasteiger charge is -2.26. The fraction of sp³-hybridized carbons (Fsp3) is 0.833. The van der Waals surface area contributed by atoms with Gasteiger partial charge < -0.3 is 14.9 Å². The SMILES string of the molecule is CC(=O)C1CCCN1C(=O)C(C)CSSC(CCCCC(=O)C(C)C)CCSSCC(C)C(=O)N1CCCC1C(=O)O. The number of ketones is 2. The maximum atomic E-state index is 13.0. The first kappa shape index (κ1) is 37.3. The highest BCUT2D eigenvalue weighted by molar-refractivity contribution is 8.77. The second kappa shape index (κ2) is 19.5. The number of likely N-dealkylation sites (tertiary alicyclic amines) is 2. The molecule has 2 aliphatic rings. The van der Waals surface area contributed by atoms with Gasteiger partial charge in [0, 0.05) is 59.8 Å². The van der Waals surface area contributed by atoms with E-state index >= 15 is 0 Å². The molecule has 2 fully saturated rings. The molecule has 2 rings (SSSR count). The van der Waals surface area contributed by atoms with Crippen molar-refractivity contribution < 1.29 is 29.1 Å². The Labute approximate surface area is 268 Å². The highest BCUT2D eigenvalue weighted by Crippen LogP contribution is 2.36. The number of hydrogen-bond acceptors (Lipinski definition) is 9. The molecule has 2 heterocycles. The van der Waals surface area contributed by atoms with Crippen molar-refractivity contribution in [2.24, 2.45) is 17.8 Å². The van der Waals surface area contributed by atoms with Crippen LogP contribution in [0.25, 0.3) is 0 Å². The molecule has 0 spiro atoms. The number of nitrogens with zero attached hydrogens (tertiary/aromatic N) is 2. The van der Waals surface area contributed by atoms with Crippen LogP contribution in [0.5, 0.6) is 0 Å². The molecular weight excluding hydrogens is 613 g/mol. The monoisotopic (exact) mass is 662 g/mol. The molecular formula is C30H50N2O6S4. The normalized spacial score (nSPS) is 21.0. The lowest BCUT2D eigenvalue weighted by atomic mass is 10.0. The minimum absolute atomic E-state index is 0.0685. The first-order valence-electron chi connectivity index (χ1n) is 15.3. The molecule has 240 valence electrons. The summed E-state index contributed by atoms with van der Waals surface area (Å²) in [5.74, 6) is 1.45. The third-order valence-electron chi connectivity index (χ3n) is 7.96. The van der Waals surface area contributed by atoms with Crippen LogP contribution in [0.15, 0.2) is 0 Å². The number of unbranched alkanes of at least 4 members (excludes halogenated alkanes) is 1. The van der Waals surface area contributed by atoms with Crippen LogP contribution in [0.4, 0.5) is 0 Å². The Morgan fingerprint density at radius 1 is 0.786 bits per heavy atom. The van der Waals surface area contributed by atoms with Crippen molar-refractivity contribution in [3.63, 3.8) is 0 Å². The summed E-state index contributed by atoms with van der Waals surface area (Å²) in [6, 6.07) is -0.951. The number of aliphatic carboxylic acids is 1. The first-order valence-corrected chi connectivity index (χ1v) is 20.2. The number of carbonyl (C=O) groups excluding carboxylic acids is 4. The van der Waals surface area contributed by atoms with Crippen molar-refractivity contribution in [3.8, 4) is 0 Å². The lowest BCUT2D eigenvalue weighted by Crippen LogP contribution is -2.43. The van der Waals surface area contributed by atoms with Crippen molar-refractivity contribution in [2.45, 2.75) is 110 Å². The van der Waals surface area contributed by atoms with Gasteiger partial charge >= 0.3 is 5.97 Å². The van der Waals surface area contributed by atoms with Gasteiger partial charge in [0.05, 0.1) is 6.04 Å². The number of carboxylic acid groups (broad SMARTS) is 1. The highest BCUT2D eigenvalue weighted by Gasteiger charge is 2.36. The van der Waals surface area contributed by atoms with E-state index in [2.05, 4.69) is 0 Å². The second-order valence-electron chi connectivity index (χ2n) is 11.9. The van der Waals surface area contributed by atoms with Crippen LogP contribution in [0.1, 0.15) is 92.4 Å². The summed E-state index contributed by atoms with van der Waals surface area (Å²) in [5, 5.41) is 9.78. The van der Waals surface area contributed by atoms with Crippen molar-refractivity contribution >= 4 is 72.5 Å². The van der Waals surface area contributed by atoms with Gasteiger partial charge in [-0.05, 0) is 51.9 Å². The number of Topliss-reactive ketones (excluding diaryl/α,β-unsaturated/α-hetero) is 2. The predicted octanol–water partition coefficient (Wildman–Crippen LogP) is 6.22. The van der Waals surface area contributed by atoms with E-state index in [9.17, 15) is 29.1 Å². The summed E-state index contributed by atoms with van der Waals surface area (Å²) in [6.07, 6.45) is 7.42. The zero-order chi connectivity index (χ0) is 31.2. The molecule has 0 aromatic heterocycles. The van der Waals surface area contributed by atoms with E-state index < -0.39 is 12.0 Å². The standard InChI is InChI=1S/C30H50N2O6S4/c1-20(2)27(34)13-7-6-10-24(42-41-19-22(4)28(35)31-15-8-11-25(31)23(5)33)14-17-39-40-18-21(3)29(36)32-16-9-12-26(32)30(37)38/h20-22,24-26H,6-19H2,1-5H3,(H,37,38). The summed E-state index contributed by atoms with van der Waals surface area (Å²) < 4.78 is 0. The Hall–Kier alpha value is -0.850. The van der Waals surface area contributed by atoms with Crippen molar-refractivity contribution in [1.29, 1.82) is 0 Å². The van der Waals surface area contributed by atoms with E-state index in [-0.39, 0.29) is 41.4 Å². The Morgan fingerprint density at radius 2 is 1.36 bits per heavy atom. The molecule has 0 aliphatic carbocycles. The second-order valence-corrected chi connectivity index (χ2v) is 17.2. The van der Waals surface area contributed by atoms with Gasteiger partial charge in [-0.3, -0.25) is 19.2 Å². The smallest absolute Gasteiger partial charge is 0.326 e. The molecule has 0 aromatic rings. The number of hydrogen-bond donors (Lipinski definition) is 1. The zero-order valence-corrected chi connectivity index (χ0v) is 29.1. The minimum Gasteiger partial charge on any atom is -0.480 e. The van der Waals surface area contributed by atoms with Crippen LogP contribution in [-0.4, -0.2) is 91.9 Å². The minimum atomic E-state index is -0.917. The number of amides is 2. The lowest BCUT2D eigenvalue weighted by molar-refractivity contribution is -0.149. The van der Waals surface area contributed by atoms with E-state index in [0.717, 1.165) is 50.7 Å². The molecule has 8 nitrogen and oxygen atoms in total. The molecule has 2 amide bonds. The third-order valence-corrected chi connectivity index (χ3v) is 13.7. The first-order chi connectivity index (χ1) is 19.9. The molecule has 1 N–H and O–H groups in total. The fourth-order valence-corrected chi connectivity index (χ4v) is 11.0. The molecule has 2 aliphatic heterocycles. The van der Waals surface area contributed by atoms with Gasteiger partial charge in [-0.1, -0.05) is 77.3 Å². The third kappa shape index (κ3) is 12.3. The van der Waals surface area contributed by atoms with Crippen molar-refractivity contribution in [3.05, 3.63) is 0 Å². The van der Waals surface area contributed by atoms with Gasteiger partial charge in [0.25, 0.3) is 0 Å². The molecule has 12 heteroatoms. The van der Waals surface area contributed by atoms with Crippen LogP contribution in [-0.2, 0) is 24.0 Å². The zero-order valence-electron chi connectivity index (χ0n) is 25.9. The van der Waals surface area contributed by atoms with Gasteiger partial charge in [-0.2, -0.15) is 0 Å². The molecule has 0 saturated carbocycles. The molecule has 5 unspecified atom stereocenters. The van der Waals surface area contributed by atoms with Gasteiger partial charge in [0.15, 0.2) is 5.78 Å². The van der Waals surface area contributed by atoms with Crippen LogP contribution >= 0.6 is 43.2 Å². The summed E-state index contributed by atoms with van der Waals surface area (Å²) in [7, 11) is 6.97. The Morgan fingerprint density at radius 3 is 1.93 bits per heavy atom. The van der Waals surface area contributed by atoms with Gasteiger partial charge in [0.1, 0.15) is 11.8 Å².